The number of quaternary nitrogens is 1. The predicted molar refractivity (Wildman–Crippen MR) is 234 cm³/mol. The van der Waals surface area contributed by atoms with Gasteiger partial charge >= 0.3 is 7.82 Å². The minimum atomic E-state index is -4.66. The molecule has 0 rings (SSSR count). The van der Waals surface area contributed by atoms with Gasteiger partial charge in [-0.05, 0) is 70.6 Å². The number of carbonyl (C=O) groups is 2. The van der Waals surface area contributed by atoms with Crippen molar-refractivity contribution >= 4 is 19.4 Å². The van der Waals surface area contributed by atoms with Gasteiger partial charge in [-0.3, -0.25) is 18.6 Å². The molecule has 0 bridgehead atoms. The van der Waals surface area contributed by atoms with Crippen LogP contribution in [-0.2, 0) is 23.2 Å². The number of hydrogen-bond acceptors (Lipinski definition) is 7. The molecule has 9 nitrogen and oxygen atoms in total. The maximum atomic E-state index is 13.5. The molecule has 2 unspecified atom stereocenters. The molecule has 3 atom stereocenters. The Hall–Kier alpha value is -1.19. The second-order valence-electron chi connectivity index (χ2n) is 17.2. The zero-order valence-electron chi connectivity index (χ0n) is 37.2. The first-order chi connectivity index (χ1) is 26.7. The number of Topliss-reactive ketones (excluding diaryl/α,β-unsaturated/α-hetero) is 2. The third-order valence-corrected chi connectivity index (χ3v) is 11.6. The van der Waals surface area contributed by atoms with Gasteiger partial charge in [-0.25, -0.2) is 4.57 Å². The first kappa shape index (κ1) is 54.8. The zero-order chi connectivity index (χ0) is 42.0. The summed E-state index contributed by atoms with van der Waals surface area (Å²) in [5.74, 6) is -1.54. The molecular weight excluding hydrogens is 725 g/mol. The molecule has 0 spiro atoms. The smallest absolute Gasteiger partial charge is 0.387 e. The number of ketones is 2. The Morgan fingerprint density at radius 3 is 1.29 bits per heavy atom. The highest BCUT2D eigenvalue weighted by Crippen LogP contribution is 2.45. The van der Waals surface area contributed by atoms with E-state index in [0.717, 1.165) is 77.0 Å². The average molecular weight is 815 g/mol. The van der Waals surface area contributed by atoms with E-state index in [0.29, 0.717) is 30.3 Å². The fourth-order valence-corrected chi connectivity index (χ4v) is 7.96. The van der Waals surface area contributed by atoms with Crippen molar-refractivity contribution in [1.29, 1.82) is 0 Å². The second-order valence-corrected chi connectivity index (χ2v) is 18.6. The summed E-state index contributed by atoms with van der Waals surface area (Å²) in [6.07, 6.45) is 35.5. The van der Waals surface area contributed by atoms with E-state index in [2.05, 4.69) is 38.2 Å². The summed E-state index contributed by atoms with van der Waals surface area (Å²) in [6, 6.07) is 0. The number of unbranched alkanes of at least 4 members (excludes halogenated alkanes) is 22. The van der Waals surface area contributed by atoms with Crippen LogP contribution in [0.15, 0.2) is 24.3 Å². The van der Waals surface area contributed by atoms with Gasteiger partial charge in [-0.1, -0.05) is 148 Å². The number of phosphoric ester groups is 1. The van der Waals surface area contributed by atoms with Gasteiger partial charge in [-0.2, -0.15) is 0 Å². The van der Waals surface area contributed by atoms with Crippen LogP contribution in [0, 0.1) is 0 Å². The van der Waals surface area contributed by atoms with E-state index >= 15 is 0 Å². The number of nitrogens with zero attached hydrogens (tertiary/aromatic N) is 1. The van der Waals surface area contributed by atoms with E-state index in [1.54, 1.807) is 0 Å². The van der Waals surface area contributed by atoms with Crippen molar-refractivity contribution in [3.05, 3.63) is 24.3 Å². The molecule has 0 aromatic heterocycles. The summed E-state index contributed by atoms with van der Waals surface area (Å²) >= 11 is 0. The van der Waals surface area contributed by atoms with Crippen LogP contribution in [0.25, 0.3) is 0 Å². The SMILES string of the molecule is CCCCCCCC/C=C\CCCCCCCC(=O)C(O)(C(=O)CCCCCCC/C=C\CCCCCCCC)[C@@H](O)COP(=O)(O)OC(CC)C[N+](C)(C)C. The highest BCUT2D eigenvalue weighted by molar-refractivity contribution is 7.47. The van der Waals surface area contributed by atoms with Crippen molar-refractivity contribution in [3.63, 3.8) is 0 Å². The van der Waals surface area contributed by atoms with Gasteiger partial charge in [0.05, 0.1) is 27.7 Å². The number of carbonyl (C=O) groups excluding carboxylic acids is 2. The van der Waals surface area contributed by atoms with Crippen molar-refractivity contribution in [1.82, 2.24) is 0 Å². The molecule has 0 heterocycles. The van der Waals surface area contributed by atoms with Crippen molar-refractivity contribution in [2.24, 2.45) is 0 Å². The molecule has 0 aromatic carbocycles. The molecule has 0 saturated carbocycles. The molecule has 0 aliphatic rings. The van der Waals surface area contributed by atoms with E-state index in [4.69, 9.17) is 9.05 Å². The number of likely N-dealkylation sites (N-methyl/N-ethyl adjacent to an activating group) is 1. The lowest BCUT2D eigenvalue weighted by Crippen LogP contribution is -2.57. The molecule has 0 radical (unpaired) electrons. The normalized spacial score (nSPS) is 14.8. The van der Waals surface area contributed by atoms with Crippen LogP contribution < -0.4 is 0 Å². The summed E-state index contributed by atoms with van der Waals surface area (Å²) in [4.78, 5) is 37.4. The fraction of sp³-hybridized carbons (Fsp3) is 0.870. The van der Waals surface area contributed by atoms with Gasteiger partial charge in [0.25, 0.3) is 0 Å². The van der Waals surface area contributed by atoms with Gasteiger partial charge in [0.15, 0.2) is 11.6 Å². The second kappa shape index (κ2) is 34.7. The van der Waals surface area contributed by atoms with Crippen LogP contribution in [0.3, 0.4) is 0 Å². The lowest BCUT2D eigenvalue weighted by molar-refractivity contribution is -0.873. The Morgan fingerprint density at radius 1 is 0.607 bits per heavy atom. The third kappa shape index (κ3) is 29.9. The predicted octanol–water partition coefficient (Wildman–Crippen LogP) is 11.9. The highest BCUT2D eigenvalue weighted by Gasteiger charge is 2.49. The largest absolute Gasteiger partial charge is 0.472 e. The monoisotopic (exact) mass is 815 g/mol. The molecule has 0 amide bonds. The lowest BCUT2D eigenvalue weighted by atomic mass is 9.82. The fourth-order valence-electron chi connectivity index (χ4n) is 6.97. The third-order valence-electron chi connectivity index (χ3n) is 10.5. The Labute approximate surface area is 344 Å². The van der Waals surface area contributed by atoms with Crippen LogP contribution >= 0.6 is 7.82 Å². The Kier molecular flexibility index (Phi) is 33.9. The lowest BCUT2D eigenvalue weighted by Gasteiger charge is -2.31. The molecule has 0 saturated heterocycles. The number of rotatable bonds is 41. The van der Waals surface area contributed by atoms with Crippen molar-refractivity contribution in [3.8, 4) is 0 Å². The Balaban J connectivity index is 4.94. The standard InChI is InChI=1S/C46H88NO8P/c1-7-10-12-14-16-18-20-22-24-26-28-30-32-34-36-38-43(48)46(51,45(50)41-54-56(52,53)55-42(9-3)40-47(4,5)6)44(49)39-37-35-33-31-29-27-25-23-21-19-17-15-13-11-8-2/h22-25,42,45,50-51H,7-21,26-41H2,1-6H3/p+1/b24-22-,25-23-/t42?,45-/m0/s1. The Bertz CT molecular complexity index is 1020. The number of phosphoric acid groups is 1. The maximum absolute atomic E-state index is 13.5. The van der Waals surface area contributed by atoms with Crippen molar-refractivity contribution in [2.75, 3.05) is 34.3 Å². The molecule has 56 heavy (non-hydrogen) atoms. The highest BCUT2D eigenvalue weighted by atomic mass is 31.2. The minimum absolute atomic E-state index is 0.0709. The topological polar surface area (TPSA) is 130 Å². The van der Waals surface area contributed by atoms with Gasteiger partial charge in [0.2, 0.25) is 5.60 Å². The Morgan fingerprint density at radius 2 is 0.946 bits per heavy atom. The van der Waals surface area contributed by atoms with E-state index in [1.807, 2.05) is 28.1 Å². The van der Waals surface area contributed by atoms with E-state index in [9.17, 15) is 29.3 Å². The number of hydrogen-bond donors (Lipinski definition) is 3. The van der Waals surface area contributed by atoms with Gasteiger partial charge in [-0.15, -0.1) is 0 Å². The molecule has 10 heteroatoms. The summed E-state index contributed by atoms with van der Waals surface area (Å²) in [5, 5.41) is 22.6. The van der Waals surface area contributed by atoms with Gasteiger partial charge in [0, 0.05) is 12.8 Å². The van der Waals surface area contributed by atoms with Crippen LogP contribution in [0.2, 0.25) is 0 Å². The minimum Gasteiger partial charge on any atom is -0.387 e. The zero-order valence-corrected chi connectivity index (χ0v) is 38.1. The van der Waals surface area contributed by atoms with Crippen LogP contribution in [0.5, 0.6) is 0 Å². The summed E-state index contributed by atoms with van der Waals surface area (Å²) in [5.41, 5.74) is -2.71. The van der Waals surface area contributed by atoms with E-state index in [1.165, 1.54) is 77.0 Å². The summed E-state index contributed by atoms with van der Waals surface area (Å²) in [7, 11) is 1.14. The molecule has 3 N–H and O–H groups in total. The van der Waals surface area contributed by atoms with Gasteiger partial charge < -0.3 is 19.6 Å². The maximum Gasteiger partial charge on any atom is 0.472 e. The quantitative estimate of drug-likeness (QED) is 0.0183. The number of allylic oxidation sites excluding steroid dienone is 4. The van der Waals surface area contributed by atoms with Crippen LogP contribution in [-0.4, -0.2) is 83.3 Å². The first-order valence-electron chi connectivity index (χ1n) is 23.0. The molecule has 0 aliphatic carbocycles. The number of aliphatic hydroxyl groups is 2. The van der Waals surface area contributed by atoms with Crippen molar-refractivity contribution < 1.29 is 42.8 Å². The molecule has 330 valence electrons. The molecule has 0 aromatic rings. The first-order valence-corrected chi connectivity index (χ1v) is 24.5. The average Bonchev–Trinajstić information content (AvgIpc) is 3.15. The van der Waals surface area contributed by atoms with E-state index < -0.39 is 43.8 Å². The number of aliphatic hydroxyl groups excluding tert-OH is 1. The molecule has 0 aliphatic heterocycles. The van der Waals surface area contributed by atoms with Crippen LogP contribution in [0.4, 0.5) is 0 Å². The summed E-state index contributed by atoms with van der Waals surface area (Å²) < 4.78 is 23.8. The molecule has 0 fully saturated rings. The summed E-state index contributed by atoms with van der Waals surface area (Å²) in [6.45, 7) is 5.86. The molecular formula is C46H89NO8P+. The van der Waals surface area contributed by atoms with E-state index in [-0.39, 0.29) is 12.8 Å². The van der Waals surface area contributed by atoms with Crippen LogP contribution in [0.1, 0.15) is 207 Å². The van der Waals surface area contributed by atoms with Gasteiger partial charge in [0.1, 0.15) is 18.8 Å². The van der Waals surface area contributed by atoms with Crippen molar-refractivity contribution in [2.45, 2.75) is 225 Å².